The zero-order valence-corrected chi connectivity index (χ0v) is 15.4. The van der Waals surface area contributed by atoms with E-state index < -0.39 is 5.97 Å². The molecule has 0 aliphatic carbocycles. The predicted molar refractivity (Wildman–Crippen MR) is 109 cm³/mol. The molecule has 0 aliphatic rings. The number of halogens is 1. The number of aromatic nitrogens is 2. The van der Waals surface area contributed by atoms with E-state index in [-0.39, 0.29) is 0 Å². The highest BCUT2D eigenvalue weighted by molar-refractivity contribution is 7.25. The van der Waals surface area contributed by atoms with E-state index in [2.05, 4.69) is 0 Å². The molecule has 3 aromatic carbocycles. The van der Waals surface area contributed by atoms with Crippen molar-refractivity contribution in [3.8, 4) is 5.75 Å². The van der Waals surface area contributed by atoms with Crippen LogP contribution < -0.4 is 4.74 Å². The van der Waals surface area contributed by atoms with E-state index in [9.17, 15) is 4.79 Å². The summed E-state index contributed by atoms with van der Waals surface area (Å²) < 4.78 is 6.46. The van der Waals surface area contributed by atoms with Gasteiger partial charge in [-0.3, -0.25) is 0 Å². The lowest BCUT2D eigenvalue weighted by molar-refractivity contribution is 0.0735. The normalized spacial score (nSPS) is 11.3. The fourth-order valence-corrected chi connectivity index (χ4v) is 4.07. The summed E-state index contributed by atoms with van der Waals surface area (Å²) in [7, 11) is 0. The minimum atomic E-state index is -0.424. The van der Waals surface area contributed by atoms with Gasteiger partial charge in [0.15, 0.2) is 0 Å². The number of rotatable bonds is 2. The maximum Gasteiger partial charge on any atom is 0.343 e. The number of para-hydroxylation sites is 2. The van der Waals surface area contributed by atoms with E-state index in [1.807, 2.05) is 36.4 Å². The van der Waals surface area contributed by atoms with Crippen LogP contribution in [0.5, 0.6) is 5.75 Å². The van der Waals surface area contributed by atoms with Gasteiger partial charge in [0.05, 0.1) is 16.6 Å². The number of esters is 1. The maximum absolute atomic E-state index is 12.5. The fraction of sp³-hybridized carbons (Fsp3) is 0. The molecule has 2 aromatic heterocycles. The van der Waals surface area contributed by atoms with Crippen molar-refractivity contribution in [2.24, 2.45) is 0 Å². The molecule has 5 rings (SSSR count). The molecule has 0 spiro atoms. The second kappa shape index (κ2) is 6.30. The standard InChI is InChI=1S/C21H11ClN2O2S/c22-13-6-8-14(9-7-13)26-21(25)12-5-10-18-15(11-12)19-20(27-18)24-17-4-2-1-3-16(17)23-19/h1-11H. The van der Waals surface area contributed by atoms with Crippen LogP contribution in [0.1, 0.15) is 10.4 Å². The molecule has 0 atom stereocenters. The highest BCUT2D eigenvalue weighted by Gasteiger charge is 2.14. The molecule has 6 heteroatoms. The van der Waals surface area contributed by atoms with Crippen molar-refractivity contribution in [2.45, 2.75) is 0 Å². The number of carbonyl (C=O) groups excluding carboxylic acids is 1. The third-order valence-electron chi connectivity index (χ3n) is 4.24. The van der Waals surface area contributed by atoms with Gasteiger partial charge in [0.2, 0.25) is 0 Å². The average Bonchev–Trinajstić information content (AvgIpc) is 3.04. The van der Waals surface area contributed by atoms with E-state index in [1.165, 1.54) is 0 Å². The summed E-state index contributed by atoms with van der Waals surface area (Å²) in [4.78, 5) is 22.8. The van der Waals surface area contributed by atoms with Gasteiger partial charge < -0.3 is 4.74 Å². The summed E-state index contributed by atoms with van der Waals surface area (Å²) in [5, 5.41) is 1.49. The summed E-state index contributed by atoms with van der Waals surface area (Å²) in [5.41, 5.74) is 2.96. The second-order valence-electron chi connectivity index (χ2n) is 6.02. The molecule has 0 N–H and O–H groups in total. The molecular weight excluding hydrogens is 380 g/mol. The molecule has 5 aromatic rings. The van der Waals surface area contributed by atoms with Crippen LogP contribution in [-0.2, 0) is 0 Å². The van der Waals surface area contributed by atoms with Gasteiger partial charge in [-0.1, -0.05) is 23.7 Å². The molecule has 0 fully saturated rings. The number of nitrogens with zero attached hydrogens (tertiary/aromatic N) is 2. The van der Waals surface area contributed by atoms with Crippen LogP contribution in [0.4, 0.5) is 0 Å². The first-order chi connectivity index (χ1) is 13.2. The topological polar surface area (TPSA) is 52.1 Å². The lowest BCUT2D eigenvalue weighted by Gasteiger charge is -2.04. The number of hydrogen-bond acceptors (Lipinski definition) is 5. The monoisotopic (exact) mass is 390 g/mol. The van der Waals surface area contributed by atoms with Gasteiger partial charge in [0.1, 0.15) is 16.1 Å². The zero-order valence-electron chi connectivity index (χ0n) is 13.8. The Morgan fingerprint density at radius 2 is 1.67 bits per heavy atom. The Kier molecular flexibility index (Phi) is 3.77. The van der Waals surface area contributed by atoms with Crippen molar-refractivity contribution >= 4 is 60.4 Å². The minimum Gasteiger partial charge on any atom is -0.423 e. The van der Waals surface area contributed by atoms with Crippen LogP contribution in [0, 0.1) is 0 Å². The van der Waals surface area contributed by atoms with Crippen LogP contribution in [0.15, 0.2) is 66.7 Å². The Labute approximate surface area is 163 Å². The van der Waals surface area contributed by atoms with Crippen molar-refractivity contribution in [1.29, 1.82) is 0 Å². The summed E-state index contributed by atoms with van der Waals surface area (Å²) >= 11 is 7.42. The Morgan fingerprint density at radius 3 is 2.44 bits per heavy atom. The van der Waals surface area contributed by atoms with E-state index in [0.29, 0.717) is 16.3 Å². The zero-order chi connectivity index (χ0) is 18.4. The number of carbonyl (C=O) groups is 1. The quantitative estimate of drug-likeness (QED) is 0.279. The highest BCUT2D eigenvalue weighted by atomic mass is 35.5. The molecule has 0 radical (unpaired) electrons. The van der Waals surface area contributed by atoms with Crippen molar-refractivity contribution in [3.63, 3.8) is 0 Å². The van der Waals surface area contributed by atoms with Crippen molar-refractivity contribution in [2.75, 3.05) is 0 Å². The van der Waals surface area contributed by atoms with Gasteiger partial charge in [-0.25, -0.2) is 14.8 Å². The lowest BCUT2D eigenvalue weighted by Crippen LogP contribution is -2.08. The average molecular weight is 391 g/mol. The van der Waals surface area contributed by atoms with Crippen molar-refractivity contribution in [1.82, 2.24) is 9.97 Å². The van der Waals surface area contributed by atoms with E-state index >= 15 is 0 Å². The Morgan fingerprint density at radius 1 is 0.926 bits per heavy atom. The van der Waals surface area contributed by atoms with Crippen LogP contribution in [0.3, 0.4) is 0 Å². The molecule has 0 saturated heterocycles. The Hall–Kier alpha value is -3.02. The van der Waals surface area contributed by atoms with E-state index in [4.69, 9.17) is 26.3 Å². The molecule has 0 amide bonds. The minimum absolute atomic E-state index is 0.424. The Balaban J connectivity index is 1.59. The van der Waals surface area contributed by atoms with Crippen LogP contribution in [0.25, 0.3) is 31.5 Å². The number of benzene rings is 3. The van der Waals surface area contributed by atoms with Crippen LogP contribution >= 0.6 is 22.9 Å². The molecule has 4 nitrogen and oxygen atoms in total. The fourth-order valence-electron chi connectivity index (χ4n) is 2.93. The molecule has 0 saturated carbocycles. The van der Waals surface area contributed by atoms with Crippen LogP contribution in [0.2, 0.25) is 5.02 Å². The molecule has 0 aliphatic heterocycles. The number of hydrogen-bond donors (Lipinski definition) is 0. The highest BCUT2D eigenvalue weighted by Crippen LogP contribution is 2.33. The van der Waals surface area contributed by atoms with Gasteiger partial charge in [-0.15, -0.1) is 11.3 Å². The Bertz CT molecular complexity index is 1330. The third kappa shape index (κ3) is 2.91. The first-order valence-electron chi connectivity index (χ1n) is 8.24. The summed E-state index contributed by atoms with van der Waals surface area (Å²) in [6, 6.07) is 19.9. The summed E-state index contributed by atoms with van der Waals surface area (Å²) in [5.74, 6) is 0.0257. The predicted octanol–water partition coefficient (Wildman–Crippen LogP) is 5.87. The second-order valence-corrected chi connectivity index (χ2v) is 7.49. The third-order valence-corrected chi connectivity index (χ3v) is 5.55. The van der Waals surface area contributed by atoms with Gasteiger partial charge in [0.25, 0.3) is 0 Å². The summed E-state index contributed by atoms with van der Waals surface area (Å²) in [6.45, 7) is 0. The SMILES string of the molecule is O=C(Oc1ccc(Cl)cc1)c1ccc2sc3nc4ccccc4nc3c2c1. The smallest absolute Gasteiger partial charge is 0.343 e. The maximum atomic E-state index is 12.5. The molecular formula is C21H11ClN2O2S. The molecule has 0 bridgehead atoms. The number of ether oxygens (including phenoxy) is 1. The van der Waals surface area contributed by atoms with Gasteiger partial charge >= 0.3 is 5.97 Å². The first kappa shape index (κ1) is 16.2. The molecule has 130 valence electrons. The van der Waals surface area contributed by atoms with E-state index in [0.717, 1.165) is 31.5 Å². The largest absolute Gasteiger partial charge is 0.423 e. The van der Waals surface area contributed by atoms with Gasteiger partial charge in [-0.2, -0.15) is 0 Å². The van der Waals surface area contributed by atoms with Crippen molar-refractivity contribution in [3.05, 3.63) is 77.3 Å². The summed E-state index contributed by atoms with van der Waals surface area (Å²) in [6.07, 6.45) is 0. The first-order valence-corrected chi connectivity index (χ1v) is 9.44. The van der Waals surface area contributed by atoms with Crippen LogP contribution in [-0.4, -0.2) is 15.9 Å². The van der Waals surface area contributed by atoms with E-state index in [1.54, 1.807) is 41.7 Å². The molecule has 2 heterocycles. The molecule has 0 unspecified atom stereocenters. The van der Waals surface area contributed by atoms with Gasteiger partial charge in [0, 0.05) is 15.1 Å². The van der Waals surface area contributed by atoms with Gasteiger partial charge in [-0.05, 0) is 54.6 Å². The van der Waals surface area contributed by atoms with Crippen molar-refractivity contribution < 1.29 is 9.53 Å². The number of thiophene rings is 1. The number of fused-ring (bicyclic) bond motifs is 4. The lowest BCUT2D eigenvalue weighted by atomic mass is 10.1. The molecule has 27 heavy (non-hydrogen) atoms.